The molecule has 3 N–H and O–H groups in total. The summed E-state index contributed by atoms with van der Waals surface area (Å²) < 4.78 is 0. The van der Waals surface area contributed by atoms with Crippen LogP contribution in [0.5, 0.6) is 5.75 Å². The molecule has 19 heavy (non-hydrogen) atoms. The molecule has 0 amide bonds. The summed E-state index contributed by atoms with van der Waals surface area (Å²) in [4.78, 5) is 2.51. The molecule has 0 spiro atoms. The molecular weight excluding hydrogens is 256 g/mol. The summed E-state index contributed by atoms with van der Waals surface area (Å²) in [5, 5.41) is 9.26. The summed E-state index contributed by atoms with van der Waals surface area (Å²) >= 11 is 4.98. The van der Waals surface area contributed by atoms with Crippen molar-refractivity contribution in [3.05, 3.63) is 59.7 Å². The SMILES string of the molecule is CN(Cc1ccc(O)cc1)c1cccc(C(N)=S)c1. The average Bonchev–Trinajstić information content (AvgIpc) is 2.41. The van der Waals surface area contributed by atoms with Crippen molar-refractivity contribution in [1.29, 1.82) is 0 Å². The van der Waals surface area contributed by atoms with Crippen molar-refractivity contribution in [3.63, 3.8) is 0 Å². The molecule has 0 fully saturated rings. The molecule has 0 radical (unpaired) electrons. The van der Waals surface area contributed by atoms with Crippen LogP contribution in [0.15, 0.2) is 48.5 Å². The molecule has 0 aromatic heterocycles. The maximum absolute atomic E-state index is 9.26. The lowest BCUT2D eigenvalue weighted by Gasteiger charge is -2.20. The van der Waals surface area contributed by atoms with E-state index in [2.05, 4.69) is 4.90 Å². The number of hydrogen-bond acceptors (Lipinski definition) is 3. The van der Waals surface area contributed by atoms with Gasteiger partial charge in [-0.2, -0.15) is 0 Å². The number of phenolic OH excluding ortho intramolecular Hbond substituents is 1. The standard InChI is InChI=1S/C15H16N2OS/c1-17(10-11-5-7-14(18)8-6-11)13-4-2-3-12(9-13)15(16)19/h2-9,18H,10H2,1H3,(H2,16,19). The number of aromatic hydroxyl groups is 1. The van der Waals surface area contributed by atoms with Gasteiger partial charge in [0.1, 0.15) is 10.7 Å². The molecule has 0 aliphatic carbocycles. The Kier molecular flexibility index (Phi) is 4.02. The van der Waals surface area contributed by atoms with Crippen LogP contribution in [0.3, 0.4) is 0 Å². The van der Waals surface area contributed by atoms with E-state index in [1.807, 2.05) is 43.4 Å². The Morgan fingerprint density at radius 2 is 1.89 bits per heavy atom. The van der Waals surface area contributed by atoms with Gasteiger partial charge >= 0.3 is 0 Å². The minimum Gasteiger partial charge on any atom is -0.508 e. The number of phenols is 1. The van der Waals surface area contributed by atoms with Gasteiger partial charge in [0.15, 0.2) is 0 Å². The second-order valence-corrected chi connectivity index (χ2v) is 4.88. The highest BCUT2D eigenvalue weighted by atomic mass is 32.1. The van der Waals surface area contributed by atoms with Crippen LogP contribution in [0.25, 0.3) is 0 Å². The van der Waals surface area contributed by atoms with Gasteiger partial charge in [-0.3, -0.25) is 0 Å². The number of nitrogens with zero attached hydrogens (tertiary/aromatic N) is 1. The van der Waals surface area contributed by atoms with E-state index in [-0.39, 0.29) is 5.75 Å². The highest BCUT2D eigenvalue weighted by molar-refractivity contribution is 7.80. The van der Waals surface area contributed by atoms with E-state index in [0.29, 0.717) is 4.99 Å². The summed E-state index contributed by atoms with van der Waals surface area (Å²) in [5.41, 5.74) is 8.68. The Hall–Kier alpha value is -2.07. The highest BCUT2D eigenvalue weighted by Gasteiger charge is 2.04. The lowest BCUT2D eigenvalue weighted by Crippen LogP contribution is -2.17. The van der Waals surface area contributed by atoms with E-state index in [1.54, 1.807) is 12.1 Å². The first-order chi connectivity index (χ1) is 9.06. The molecule has 0 aliphatic rings. The van der Waals surface area contributed by atoms with Crippen molar-refractivity contribution in [1.82, 2.24) is 0 Å². The number of benzene rings is 2. The molecule has 0 unspecified atom stereocenters. The number of thiocarbonyl (C=S) groups is 1. The summed E-state index contributed by atoms with van der Waals surface area (Å²) in [5.74, 6) is 0.280. The first-order valence-electron chi connectivity index (χ1n) is 5.95. The molecule has 3 nitrogen and oxygen atoms in total. The third kappa shape index (κ3) is 3.45. The number of anilines is 1. The maximum Gasteiger partial charge on any atom is 0.115 e. The van der Waals surface area contributed by atoms with Crippen LogP contribution in [-0.4, -0.2) is 17.1 Å². The fraction of sp³-hybridized carbons (Fsp3) is 0.133. The van der Waals surface area contributed by atoms with E-state index in [9.17, 15) is 5.11 Å². The van der Waals surface area contributed by atoms with Crippen molar-refractivity contribution in [2.45, 2.75) is 6.54 Å². The number of rotatable bonds is 4. The maximum atomic E-state index is 9.26. The largest absolute Gasteiger partial charge is 0.508 e. The zero-order valence-corrected chi connectivity index (χ0v) is 11.5. The van der Waals surface area contributed by atoms with E-state index in [0.717, 1.165) is 23.4 Å². The van der Waals surface area contributed by atoms with Gasteiger partial charge in [-0.25, -0.2) is 0 Å². The van der Waals surface area contributed by atoms with Gasteiger partial charge in [0.2, 0.25) is 0 Å². The third-order valence-electron chi connectivity index (χ3n) is 2.93. The number of nitrogens with two attached hydrogens (primary N) is 1. The lowest BCUT2D eigenvalue weighted by atomic mass is 10.1. The Labute approximate surface area is 118 Å². The Bertz CT molecular complexity index is 581. The molecule has 0 saturated carbocycles. The van der Waals surface area contributed by atoms with Crippen LogP contribution in [0.2, 0.25) is 0 Å². The van der Waals surface area contributed by atoms with Crippen molar-refractivity contribution in [2.75, 3.05) is 11.9 Å². The Morgan fingerprint density at radius 1 is 1.21 bits per heavy atom. The summed E-state index contributed by atoms with van der Waals surface area (Å²) in [6.07, 6.45) is 0. The topological polar surface area (TPSA) is 49.5 Å². The van der Waals surface area contributed by atoms with E-state index >= 15 is 0 Å². The highest BCUT2D eigenvalue weighted by Crippen LogP contribution is 2.18. The van der Waals surface area contributed by atoms with Gasteiger partial charge in [0.05, 0.1) is 0 Å². The third-order valence-corrected chi connectivity index (χ3v) is 3.16. The van der Waals surface area contributed by atoms with Gasteiger partial charge in [-0.15, -0.1) is 0 Å². The van der Waals surface area contributed by atoms with Crippen molar-refractivity contribution >= 4 is 22.9 Å². The Balaban J connectivity index is 2.15. The molecule has 0 saturated heterocycles. The number of hydrogen-bond donors (Lipinski definition) is 2. The quantitative estimate of drug-likeness (QED) is 0.840. The molecule has 2 aromatic carbocycles. The molecule has 2 rings (SSSR count). The van der Waals surface area contributed by atoms with Gasteiger partial charge < -0.3 is 15.7 Å². The molecule has 0 heterocycles. The predicted molar refractivity (Wildman–Crippen MR) is 82.5 cm³/mol. The van der Waals surface area contributed by atoms with E-state index < -0.39 is 0 Å². The zero-order valence-electron chi connectivity index (χ0n) is 10.7. The minimum absolute atomic E-state index is 0.280. The van der Waals surface area contributed by atoms with Crippen LogP contribution in [0, 0.1) is 0 Å². The summed E-state index contributed by atoms with van der Waals surface area (Å²) in [6.45, 7) is 0.751. The minimum atomic E-state index is 0.280. The van der Waals surface area contributed by atoms with Gasteiger partial charge in [0, 0.05) is 24.8 Å². The molecule has 98 valence electrons. The molecular formula is C15H16N2OS. The monoisotopic (exact) mass is 272 g/mol. The predicted octanol–water partition coefficient (Wildman–Crippen LogP) is 2.66. The molecule has 4 heteroatoms. The summed E-state index contributed by atoms with van der Waals surface area (Å²) in [7, 11) is 2.01. The average molecular weight is 272 g/mol. The molecule has 2 aromatic rings. The molecule has 0 aliphatic heterocycles. The fourth-order valence-electron chi connectivity index (χ4n) is 1.86. The van der Waals surface area contributed by atoms with Gasteiger partial charge in [0.25, 0.3) is 0 Å². The Morgan fingerprint density at radius 3 is 2.53 bits per heavy atom. The van der Waals surface area contributed by atoms with Crippen molar-refractivity contribution in [2.24, 2.45) is 5.73 Å². The smallest absolute Gasteiger partial charge is 0.115 e. The second kappa shape index (κ2) is 5.71. The van der Waals surface area contributed by atoms with Crippen molar-refractivity contribution in [3.8, 4) is 5.75 Å². The van der Waals surface area contributed by atoms with Crippen LogP contribution in [-0.2, 0) is 6.54 Å². The molecule has 0 bridgehead atoms. The van der Waals surface area contributed by atoms with Crippen LogP contribution in [0.1, 0.15) is 11.1 Å². The van der Waals surface area contributed by atoms with Gasteiger partial charge in [-0.1, -0.05) is 36.5 Å². The normalized spacial score (nSPS) is 10.2. The lowest BCUT2D eigenvalue weighted by molar-refractivity contribution is 0.475. The van der Waals surface area contributed by atoms with Gasteiger partial charge in [-0.05, 0) is 29.8 Å². The summed E-state index contributed by atoms with van der Waals surface area (Å²) in [6, 6.07) is 15.0. The molecule has 0 atom stereocenters. The first-order valence-corrected chi connectivity index (χ1v) is 6.36. The van der Waals surface area contributed by atoms with E-state index in [1.165, 1.54) is 0 Å². The van der Waals surface area contributed by atoms with Crippen LogP contribution in [0.4, 0.5) is 5.69 Å². The zero-order chi connectivity index (χ0) is 13.8. The first kappa shape index (κ1) is 13.4. The fourth-order valence-corrected chi connectivity index (χ4v) is 1.99. The van der Waals surface area contributed by atoms with Crippen LogP contribution < -0.4 is 10.6 Å². The van der Waals surface area contributed by atoms with Crippen LogP contribution >= 0.6 is 12.2 Å². The van der Waals surface area contributed by atoms with E-state index in [4.69, 9.17) is 18.0 Å². The second-order valence-electron chi connectivity index (χ2n) is 4.44. The van der Waals surface area contributed by atoms with Crippen molar-refractivity contribution < 1.29 is 5.11 Å².